The zero-order valence-corrected chi connectivity index (χ0v) is 18.7. The minimum absolute atomic E-state index is 0.305. The Balaban J connectivity index is 1.68. The number of hydrogen-bond donors (Lipinski definition) is 1. The molecule has 0 saturated heterocycles. The second-order valence-electron chi connectivity index (χ2n) is 6.77. The fourth-order valence-corrected chi connectivity index (χ4v) is 3.27. The molecular formula is C25H24ClN3O3. The molecule has 0 aliphatic rings. The Kier molecular flexibility index (Phi) is 8.36. The molecule has 7 heteroatoms. The summed E-state index contributed by atoms with van der Waals surface area (Å²) in [6, 6.07) is 20.7. The van der Waals surface area contributed by atoms with E-state index in [1.807, 2.05) is 49.4 Å². The molecule has 0 aromatic heterocycles. The highest BCUT2D eigenvalue weighted by Gasteiger charge is 2.12. The lowest BCUT2D eigenvalue weighted by Crippen LogP contribution is -2.07. The zero-order valence-electron chi connectivity index (χ0n) is 18.0. The van der Waals surface area contributed by atoms with Gasteiger partial charge in [0.15, 0.2) is 11.5 Å². The second-order valence-corrected chi connectivity index (χ2v) is 7.17. The van der Waals surface area contributed by atoms with Gasteiger partial charge in [-0.2, -0.15) is 10.4 Å². The Morgan fingerprint density at radius 1 is 1.06 bits per heavy atom. The maximum atomic E-state index is 8.92. The van der Waals surface area contributed by atoms with Gasteiger partial charge in [-0.15, -0.1) is 0 Å². The highest BCUT2D eigenvalue weighted by molar-refractivity contribution is 6.32. The summed E-state index contributed by atoms with van der Waals surface area (Å²) in [5.74, 6) is 1.82. The number of halogens is 1. The molecular weight excluding hydrogens is 426 g/mol. The molecule has 3 aromatic carbocycles. The van der Waals surface area contributed by atoms with E-state index < -0.39 is 0 Å². The average molecular weight is 450 g/mol. The van der Waals surface area contributed by atoms with E-state index in [0.29, 0.717) is 41.8 Å². The van der Waals surface area contributed by atoms with Gasteiger partial charge in [0.25, 0.3) is 0 Å². The molecule has 164 valence electrons. The van der Waals surface area contributed by atoms with Gasteiger partial charge in [-0.05, 0) is 48.4 Å². The van der Waals surface area contributed by atoms with E-state index in [1.54, 1.807) is 31.5 Å². The molecule has 6 nitrogen and oxygen atoms in total. The third kappa shape index (κ3) is 6.16. The third-order valence-corrected chi connectivity index (χ3v) is 4.85. The Morgan fingerprint density at radius 3 is 2.56 bits per heavy atom. The molecule has 0 bridgehead atoms. The number of hydrogen-bond acceptors (Lipinski definition) is 6. The summed E-state index contributed by atoms with van der Waals surface area (Å²) in [6.45, 7) is 3.20. The summed E-state index contributed by atoms with van der Waals surface area (Å²) >= 11 is 6.49. The summed E-state index contributed by atoms with van der Waals surface area (Å²) in [5.41, 5.74) is 6.33. The van der Waals surface area contributed by atoms with E-state index in [9.17, 15) is 0 Å². The molecule has 0 atom stereocenters. The standard InChI is InChI=1S/C25H24ClN3O3/c1-3-31-24-13-20(15-28-29-16-21-6-4-5-7-23(21)30-2)12-22(26)25(24)32-17-19-10-8-18(14-27)9-11-19/h4-13,15,29H,3,16-17H2,1-2H3/b28-15+. The molecule has 0 radical (unpaired) electrons. The Bertz CT molecular complexity index is 1110. The van der Waals surface area contributed by atoms with Gasteiger partial charge in [-0.25, -0.2) is 0 Å². The number of para-hydroxylation sites is 1. The number of ether oxygens (including phenoxy) is 3. The first-order valence-electron chi connectivity index (χ1n) is 10.1. The van der Waals surface area contributed by atoms with Crippen molar-refractivity contribution in [3.05, 3.63) is 87.9 Å². The molecule has 0 fully saturated rings. The van der Waals surface area contributed by atoms with Crippen LogP contribution in [0.4, 0.5) is 0 Å². The van der Waals surface area contributed by atoms with Crippen LogP contribution in [0.1, 0.15) is 29.2 Å². The molecule has 0 heterocycles. The van der Waals surface area contributed by atoms with Gasteiger partial charge in [-0.1, -0.05) is 41.9 Å². The van der Waals surface area contributed by atoms with Crippen LogP contribution in [0.15, 0.2) is 65.8 Å². The number of nitriles is 1. The van der Waals surface area contributed by atoms with Crippen LogP contribution in [0, 0.1) is 11.3 Å². The topological polar surface area (TPSA) is 75.9 Å². The minimum atomic E-state index is 0.305. The predicted octanol–water partition coefficient (Wildman–Crippen LogP) is 5.32. The summed E-state index contributed by atoms with van der Waals surface area (Å²) < 4.78 is 17.0. The summed E-state index contributed by atoms with van der Waals surface area (Å²) in [7, 11) is 1.64. The molecule has 0 saturated carbocycles. The van der Waals surface area contributed by atoms with E-state index in [1.165, 1.54) is 0 Å². The van der Waals surface area contributed by atoms with Crippen LogP contribution in [-0.4, -0.2) is 19.9 Å². The summed E-state index contributed by atoms with van der Waals surface area (Å²) in [5, 5.41) is 13.6. The Labute approximate surface area is 193 Å². The number of benzene rings is 3. The van der Waals surface area contributed by atoms with Gasteiger partial charge in [-0.3, -0.25) is 0 Å². The van der Waals surface area contributed by atoms with E-state index in [4.69, 9.17) is 31.1 Å². The second kappa shape index (κ2) is 11.6. The van der Waals surface area contributed by atoms with Crippen molar-refractivity contribution >= 4 is 17.8 Å². The van der Waals surface area contributed by atoms with Gasteiger partial charge >= 0.3 is 0 Å². The summed E-state index contributed by atoms with van der Waals surface area (Å²) in [6.07, 6.45) is 1.67. The summed E-state index contributed by atoms with van der Waals surface area (Å²) in [4.78, 5) is 0. The van der Waals surface area contributed by atoms with Crippen molar-refractivity contribution < 1.29 is 14.2 Å². The van der Waals surface area contributed by atoms with E-state index in [0.717, 1.165) is 22.4 Å². The fourth-order valence-electron chi connectivity index (χ4n) is 3.00. The van der Waals surface area contributed by atoms with E-state index in [-0.39, 0.29) is 0 Å². The van der Waals surface area contributed by atoms with Gasteiger partial charge in [0.2, 0.25) is 0 Å². The largest absolute Gasteiger partial charge is 0.496 e. The quantitative estimate of drug-likeness (QED) is 0.335. The lowest BCUT2D eigenvalue weighted by atomic mass is 10.1. The van der Waals surface area contributed by atoms with Gasteiger partial charge in [0, 0.05) is 5.56 Å². The van der Waals surface area contributed by atoms with Crippen molar-refractivity contribution in [2.75, 3.05) is 13.7 Å². The smallest absolute Gasteiger partial charge is 0.180 e. The van der Waals surface area contributed by atoms with Crippen LogP contribution in [0.25, 0.3) is 0 Å². The number of methoxy groups -OCH3 is 1. The van der Waals surface area contributed by atoms with Crippen molar-refractivity contribution in [1.82, 2.24) is 5.43 Å². The first-order chi connectivity index (χ1) is 15.6. The third-order valence-electron chi connectivity index (χ3n) is 4.56. The van der Waals surface area contributed by atoms with Crippen molar-refractivity contribution in [3.8, 4) is 23.3 Å². The first kappa shape index (κ1) is 23.0. The van der Waals surface area contributed by atoms with Crippen molar-refractivity contribution in [1.29, 1.82) is 5.26 Å². The maximum absolute atomic E-state index is 8.92. The zero-order chi connectivity index (χ0) is 22.8. The van der Waals surface area contributed by atoms with Crippen LogP contribution >= 0.6 is 11.6 Å². The molecule has 0 amide bonds. The number of rotatable bonds is 10. The molecule has 3 aromatic rings. The lowest BCUT2D eigenvalue weighted by molar-refractivity contribution is 0.269. The molecule has 0 aliphatic carbocycles. The SMILES string of the molecule is CCOc1cc(/C=N/NCc2ccccc2OC)cc(Cl)c1OCc1ccc(C#N)cc1. The van der Waals surface area contributed by atoms with Crippen LogP contribution in [0.2, 0.25) is 5.02 Å². The van der Waals surface area contributed by atoms with Gasteiger partial charge < -0.3 is 19.6 Å². The van der Waals surface area contributed by atoms with Crippen molar-refractivity contribution in [3.63, 3.8) is 0 Å². The van der Waals surface area contributed by atoms with Crippen molar-refractivity contribution in [2.24, 2.45) is 5.10 Å². The molecule has 0 aliphatic heterocycles. The lowest BCUT2D eigenvalue weighted by Gasteiger charge is -2.14. The number of hydrazone groups is 1. The monoisotopic (exact) mass is 449 g/mol. The minimum Gasteiger partial charge on any atom is -0.496 e. The van der Waals surface area contributed by atoms with Crippen LogP contribution < -0.4 is 19.6 Å². The van der Waals surface area contributed by atoms with Crippen molar-refractivity contribution in [2.45, 2.75) is 20.1 Å². The van der Waals surface area contributed by atoms with Gasteiger partial charge in [0.1, 0.15) is 12.4 Å². The fraction of sp³-hybridized carbons (Fsp3) is 0.200. The number of nitrogens with one attached hydrogen (secondary N) is 1. The van der Waals surface area contributed by atoms with E-state index in [2.05, 4.69) is 16.6 Å². The Morgan fingerprint density at radius 2 is 1.84 bits per heavy atom. The number of nitrogens with zero attached hydrogens (tertiary/aromatic N) is 2. The average Bonchev–Trinajstić information content (AvgIpc) is 2.82. The first-order valence-corrected chi connectivity index (χ1v) is 10.5. The maximum Gasteiger partial charge on any atom is 0.180 e. The van der Waals surface area contributed by atoms with Gasteiger partial charge in [0.05, 0.1) is 43.1 Å². The van der Waals surface area contributed by atoms with Crippen LogP contribution in [-0.2, 0) is 13.2 Å². The molecule has 0 spiro atoms. The van der Waals surface area contributed by atoms with E-state index >= 15 is 0 Å². The van der Waals surface area contributed by atoms with Crippen LogP contribution in [0.3, 0.4) is 0 Å². The molecule has 3 rings (SSSR count). The predicted molar refractivity (Wildman–Crippen MR) is 126 cm³/mol. The molecule has 0 unspecified atom stereocenters. The Hall–Kier alpha value is -3.69. The normalized spacial score (nSPS) is 10.6. The highest BCUT2D eigenvalue weighted by Crippen LogP contribution is 2.37. The van der Waals surface area contributed by atoms with Crippen LogP contribution in [0.5, 0.6) is 17.2 Å². The molecule has 32 heavy (non-hydrogen) atoms. The molecule has 1 N–H and O–H groups in total. The highest BCUT2D eigenvalue weighted by atomic mass is 35.5.